The van der Waals surface area contributed by atoms with Gasteiger partial charge in [-0.15, -0.1) is 0 Å². The summed E-state index contributed by atoms with van der Waals surface area (Å²) in [6.07, 6.45) is 6.96. The molecule has 29 heavy (non-hydrogen) atoms. The number of aliphatic hydroxyl groups is 2. The maximum absolute atomic E-state index is 12.4. The standard InChI is InChI=1S/C23H31NO4S/c1-24(16-18-26)22-12-8-20(9-13-22)6-7-21-10-14-23(15-11-21)29(27,28)19-5-3-2-4-17-25/h6-15,25-26H,2-5,16-19H2,1H3/b7-6+. The van der Waals surface area contributed by atoms with E-state index in [-0.39, 0.29) is 19.0 Å². The topological polar surface area (TPSA) is 77.8 Å². The van der Waals surface area contributed by atoms with Crippen LogP contribution in [0.1, 0.15) is 36.8 Å². The van der Waals surface area contributed by atoms with Crippen molar-refractivity contribution in [1.82, 2.24) is 0 Å². The minimum atomic E-state index is -3.26. The Bertz CT molecular complexity index is 859. The minimum absolute atomic E-state index is 0.119. The molecule has 158 valence electrons. The van der Waals surface area contributed by atoms with E-state index in [1.54, 1.807) is 12.1 Å². The number of unbranched alkanes of at least 4 members (excludes halogenated alkanes) is 3. The second kappa shape index (κ2) is 11.8. The molecular formula is C23H31NO4S. The molecule has 0 unspecified atom stereocenters. The van der Waals surface area contributed by atoms with E-state index in [1.807, 2.05) is 60.5 Å². The number of rotatable bonds is 12. The van der Waals surface area contributed by atoms with Gasteiger partial charge in [0, 0.05) is 25.9 Å². The Morgan fingerprint density at radius 3 is 1.90 bits per heavy atom. The third-order valence-corrected chi connectivity index (χ3v) is 6.61. The molecule has 2 rings (SSSR count). The van der Waals surface area contributed by atoms with Gasteiger partial charge in [0.15, 0.2) is 9.84 Å². The van der Waals surface area contributed by atoms with Crippen molar-refractivity contribution in [1.29, 1.82) is 0 Å². The molecule has 0 saturated heterocycles. The van der Waals surface area contributed by atoms with E-state index in [9.17, 15) is 8.42 Å². The first-order valence-corrected chi connectivity index (χ1v) is 11.7. The Morgan fingerprint density at radius 2 is 1.34 bits per heavy atom. The summed E-state index contributed by atoms with van der Waals surface area (Å²) in [4.78, 5) is 2.34. The zero-order valence-electron chi connectivity index (χ0n) is 17.0. The summed E-state index contributed by atoms with van der Waals surface area (Å²) < 4.78 is 24.8. The zero-order valence-corrected chi connectivity index (χ0v) is 17.8. The molecule has 0 heterocycles. The molecule has 0 aromatic heterocycles. The van der Waals surface area contributed by atoms with Crippen molar-refractivity contribution in [3.05, 3.63) is 59.7 Å². The Morgan fingerprint density at radius 1 is 0.793 bits per heavy atom. The van der Waals surface area contributed by atoms with Crippen molar-refractivity contribution in [3.8, 4) is 0 Å². The van der Waals surface area contributed by atoms with E-state index in [0.717, 1.165) is 36.1 Å². The summed E-state index contributed by atoms with van der Waals surface area (Å²) in [5.41, 5.74) is 3.03. The lowest BCUT2D eigenvalue weighted by Gasteiger charge is -2.17. The number of sulfone groups is 1. The first-order valence-electron chi connectivity index (χ1n) is 10.00. The largest absolute Gasteiger partial charge is 0.396 e. The van der Waals surface area contributed by atoms with Gasteiger partial charge in [0.2, 0.25) is 0 Å². The van der Waals surface area contributed by atoms with Crippen molar-refractivity contribution >= 4 is 27.7 Å². The smallest absolute Gasteiger partial charge is 0.178 e. The summed E-state index contributed by atoms with van der Waals surface area (Å²) in [5, 5.41) is 17.8. The molecule has 0 spiro atoms. The van der Waals surface area contributed by atoms with Crippen LogP contribution >= 0.6 is 0 Å². The maximum Gasteiger partial charge on any atom is 0.178 e. The van der Waals surface area contributed by atoms with Crippen LogP contribution in [0.2, 0.25) is 0 Å². The van der Waals surface area contributed by atoms with E-state index in [4.69, 9.17) is 10.2 Å². The van der Waals surface area contributed by atoms with E-state index >= 15 is 0 Å². The fourth-order valence-electron chi connectivity index (χ4n) is 2.97. The van der Waals surface area contributed by atoms with Gasteiger partial charge in [-0.3, -0.25) is 0 Å². The fraction of sp³-hybridized carbons (Fsp3) is 0.391. The van der Waals surface area contributed by atoms with Gasteiger partial charge in [-0.25, -0.2) is 8.42 Å². The van der Waals surface area contributed by atoms with E-state index in [1.165, 1.54) is 0 Å². The number of hydrogen-bond acceptors (Lipinski definition) is 5. The molecule has 5 nitrogen and oxygen atoms in total. The lowest BCUT2D eigenvalue weighted by Crippen LogP contribution is -2.20. The molecule has 2 N–H and O–H groups in total. The molecule has 0 saturated carbocycles. The van der Waals surface area contributed by atoms with Gasteiger partial charge in [0.1, 0.15) is 0 Å². The molecule has 0 bridgehead atoms. The average Bonchev–Trinajstić information content (AvgIpc) is 2.73. The van der Waals surface area contributed by atoms with E-state index in [2.05, 4.69) is 0 Å². The number of anilines is 1. The maximum atomic E-state index is 12.4. The van der Waals surface area contributed by atoms with Gasteiger partial charge >= 0.3 is 0 Å². The molecule has 0 fully saturated rings. The summed E-state index contributed by atoms with van der Waals surface area (Å²) in [5.74, 6) is 0.144. The summed E-state index contributed by atoms with van der Waals surface area (Å²) in [6.45, 7) is 0.868. The van der Waals surface area contributed by atoms with Crippen LogP contribution < -0.4 is 4.90 Å². The van der Waals surface area contributed by atoms with Crippen molar-refractivity contribution in [2.24, 2.45) is 0 Å². The number of hydrogen-bond donors (Lipinski definition) is 2. The van der Waals surface area contributed by atoms with Crippen molar-refractivity contribution in [2.75, 3.05) is 37.5 Å². The van der Waals surface area contributed by atoms with Crippen molar-refractivity contribution < 1.29 is 18.6 Å². The first kappa shape index (κ1) is 23.1. The van der Waals surface area contributed by atoms with Gasteiger partial charge < -0.3 is 15.1 Å². The fourth-order valence-corrected chi connectivity index (χ4v) is 4.34. The SMILES string of the molecule is CN(CCO)c1ccc(/C=C/c2ccc(S(=O)(=O)CCCCCCO)cc2)cc1. The molecule has 0 amide bonds. The van der Waals surface area contributed by atoms with Crippen molar-refractivity contribution in [2.45, 2.75) is 30.6 Å². The number of likely N-dealkylation sites (N-methyl/N-ethyl adjacent to an activating group) is 1. The molecule has 0 aliphatic carbocycles. The van der Waals surface area contributed by atoms with Gasteiger partial charge in [-0.2, -0.15) is 0 Å². The van der Waals surface area contributed by atoms with Crippen LogP contribution in [0.5, 0.6) is 0 Å². The van der Waals surface area contributed by atoms with Gasteiger partial charge in [0.05, 0.1) is 17.3 Å². The summed E-state index contributed by atoms with van der Waals surface area (Å²) in [7, 11) is -1.32. The molecule has 2 aromatic rings. The first-order chi connectivity index (χ1) is 14.0. The molecule has 0 aliphatic heterocycles. The summed E-state index contributed by atoms with van der Waals surface area (Å²) in [6, 6.07) is 15.0. The van der Waals surface area contributed by atoms with Crippen LogP contribution in [0.3, 0.4) is 0 Å². The average molecular weight is 418 g/mol. The Hall–Kier alpha value is -2.15. The Labute approximate surface area is 174 Å². The molecular weight excluding hydrogens is 386 g/mol. The molecule has 0 radical (unpaired) electrons. The monoisotopic (exact) mass is 417 g/mol. The Balaban J connectivity index is 1.94. The van der Waals surface area contributed by atoms with Crippen LogP contribution in [0.4, 0.5) is 5.69 Å². The van der Waals surface area contributed by atoms with Crippen molar-refractivity contribution in [3.63, 3.8) is 0 Å². The number of benzene rings is 2. The number of aliphatic hydroxyl groups excluding tert-OH is 2. The highest BCUT2D eigenvalue weighted by Crippen LogP contribution is 2.18. The van der Waals surface area contributed by atoms with Crippen LogP contribution in [-0.2, 0) is 9.84 Å². The van der Waals surface area contributed by atoms with Crippen LogP contribution in [0.15, 0.2) is 53.4 Å². The van der Waals surface area contributed by atoms with Gasteiger partial charge in [-0.1, -0.05) is 49.3 Å². The van der Waals surface area contributed by atoms with Crippen LogP contribution in [0, 0.1) is 0 Å². The quantitative estimate of drug-likeness (QED) is 0.407. The van der Waals surface area contributed by atoms with E-state index < -0.39 is 9.84 Å². The highest BCUT2D eigenvalue weighted by Gasteiger charge is 2.13. The number of nitrogens with zero attached hydrogens (tertiary/aromatic N) is 1. The molecule has 0 atom stereocenters. The molecule has 2 aromatic carbocycles. The second-order valence-electron chi connectivity index (χ2n) is 7.10. The normalized spacial score (nSPS) is 11.8. The van der Waals surface area contributed by atoms with Crippen LogP contribution in [-0.4, -0.2) is 51.2 Å². The predicted octanol–water partition coefficient (Wildman–Crippen LogP) is 3.61. The zero-order chi connectivity index (χ0) is 21.1. The van der Waals surface area contributed by atoms with Crippen LogP contribution in [0.25, 0.3) is 12.2 Å². The van der Waals surface area contributed by atoms with E-state index in [0.29, 0.717) is 17.9 Å². The lowest BCUT2D eigenvalue weighted by molar-refractivity contribution is 0.283. The molecule has 0 aliphatic rings. The van der Waals surface area contributed by atoms with Gasteiger partial charge in [-0.05, 0) is 48.2 Å². The van der Waals surface area contributed by atoms with Gasteiger partial charge in [0.25, 0.3) is 0 Å². The molecule has 6 heteroatoms. The third kappa shape index (κ3) is 7.65. The predicted molar refractivity (Wildman–Crippen MR) is 120 cm³/mol. The summed E-state index contributed by atoms with van der Waals surface area (Å²) >= 11 is 0. The lowest BCUT2D eigenvalue weighted by atomic mass is 10.1. The minimum Gasteiger partial charge on any atom is -0.396 e. The second-order valence-corrected chi connectivity index (χ2v) is 9.20. The Kier molecular flexibility index (Phi) is 9.38. The third-order valence-electron chi connectivity index (χ3n) is 4.80. The highest BCUT2D eigenvalue weighted by atomic mass is 32.2. The highest BCUT2D eigenvalue weighted by molar-refractivity contribution is 7.91.